The molecule has 4 rings (SSSR count). The van der Waals surface area contributed by atoms with Crippen molar-refractivity contribution in [2.24, 2.45) is 5.92 Å². The lowest BCUT2D eigenvalue weighted by Gasteiger charge is -2.34. The van der Waals surface area contributed by atoms with Crippen molar-refractivity contribution in [2.75, 3.05) is 39.3 Å². The molecule has 2 aromatic rings. The molecule has 0 unspecified atom stereocenters. The Morgan fingerprint density at radius 2 is 1.70 bits per heavy atom. The Labute approximate surface area is 205 Å². The van der Waals surface area contributed by atoms with Crippen molar-refractivity contribution >= 4 is 35.8 Å². The van der Waals surface area contributed by atoms with Crippen molar-refractivity contribution in [1.29, 1.82) is 0 Å². The molecule has 0 radical (unpaired) electrons. The van der Waals surface area contributed by atoms with Gasteiger partial charge in [-0.25, -0.2) is 0 Å². The van der Waals surface area contributed by atoms with Crippen LogP contribution >= 0.6 is 24.0 Å². The third kappa shape index (κ3) is 6.91. The van der Waals surface area contributed by atoms with E-state index in [0.717, 1.165) is 39.0 Å². The van der Waals surface area contributed by atoms with Crippen LogP contribution in [0.4, 0.5) is 0 Å². The first-order valence-electron chi connectivity index (χ1n) is 11.3. The van der Waals surface area contributed by atoms with E-state index in [2.05, 4.69) is 22.0 Å². The summed E-state index contributed by atoms with van der Waals surface area (Å²) in [6.45, 7) is 7.29. The van der Waals surface area contributed by atoms with Gasteiger partial charge in [0, 0.05) is 62.7 Å². The fourth-order valence-electron chi connectivity index (χ4n) is 4.17. The molecule has 0 saturated carbocycles. The maximum atomic E-state index is 12.6. The van der Waals surface area contributed by atoms with Crippen LogP contribution in [0.3, 0.4) is 0 Å². The van der Waals surface area contributed by atoms with Crippen LogP contribution in [0.25, 0.3) is 0 Å². The first-order valence-corrected chi connectivity index (χ1v) is 11.7. The van der Waals surface area contributed by atoms with Gasteiger partial charge in [0.1, 0.15) is 0 Å². The first-order chi connectivity index (χ1) is 15.5. The average Bonchev–Trinajstić information content (AvgIpc) is 3.26. The van der Waals surface area contributed by atoms with E-state index in [0.29, 0.717) is 60.7 Å². The number of benzene rings is 1. The molecule has 33 heavy (non-hydrogen) atoms. The Kier molecular flexibility index (Phi) is 9.11. The molecule has 2 fully saturated rings. The monoisotopic (exact) mass is 495 g/mol. The predicted octanol–water partition coefficient (Wildman–Crippen LogP) is 3.29. The number of likely N-dealkylation sites (tertiary alicyclic amines) is 1. The van der Waals surface area contributed by atoms with Crippen LogP contribution < -0.4 is 0 Å². The van der Waals surface area contributed by atoms with Gasteiger partial charge in [0.25, 0.3) is 5.91 Å². The van der Waals surface area contributed by atoms with E-state index < -0.39 is 0 Å². The van der Waals surface area contributed by atoms with Crippen molar-refractivity contribution in [2.45, 2.75) is 39.2 Å². The number of halogens is 2. The van der Waals surface area contributed by atoms with Crippen molar-refractivity contribution < 1.29 is 14.1 Å². The smallest absolute Gasteiger partial charge is 0.253 e. The summed E-state index contributed by atoms with van der Waals surface area (Å²) in [5.41, 5.74) is 0.652. The Balaban J connectivity index is 0.00000306. The second kappa shape index (κ2) is 11.8. The number of piperazine rings is 1. The maximum Gasteiger partial charge on any atom is 0.253 e. The highest BCUT2D eigenvalue weighted by Gasteiger charge is 2.24. The third-order valence-corrected chi connectivity index (χ3v) is 6.57. The van der Waals surface area contributed by atoms with E-state index in [9.17, 15) is 9.59 Å². The highest BCUT2D eigenvalue weighted by molar-refractivity contribution is 6.30. The molecule has 1 aromatic carbocycles. The van der Waals surface area contributed by atoms with E-state index in [-0.39, 0.29) is 24.2 Å². The van der Waals surface area contributed by atoms with Gasteiger partial charge in [0.2, 0.25) is 11.8 Å². The zero-order chi connectivity index (χ0) is 22.5. The fraction of sp³-hybridized carbons (Fsp3) is 0.565. The number of amides is 2. The normalized spacial score (nSPS) is 17.6. The number of hydrogen-bond acceptors (Lipinski definition) is 6. The lowest BCUT2D eigenvalue weighted by molar-refractivity contribution is -0.132. The van der Waals surface area contributed by atoms with Gasteiger partial charge in [-0.05, 0) is 43.0 Å². The molecule has 0 aliphatic carbocycles. The summed E-state index contributed by atoms with van der Waals surface area (Å²) in [6, 6.07) is 6.99. The minimum absolute atomic E-state index is 0. The molecule has 0 bridgehead atoms. The highest BCUT2D eigenvalue weighted by atomic mass is 35.5. The van der Waals surface area contributed by atoms with Crippen LogP contribution in [0.5, 0.6) is 0 Å². The Hall–Kier alpha value is -2.16. The van der Waals surface area contributed by atoms with Gasteiger partial charge >= 0.3 is 0 Å². The molecule has 8 nitrogen and oxygen atoms in total. The predicted molar refractivity (Wildman–Crippen MR) is 127 cm³/mol. The maximum absolute atomic E-state index is 12.6. The molecule has 1 aromatic heterocycles. The molecule has 2 saturated heterocycles. The first kappa shape index (κ1) is 25.5. The van der Waals surface area contributed by atoms with Crippen molar-refractivity contribution in [3.63, 3.8) is 0 Å². The van der Waals surface area contributed by atoms with E-state index in [1.807, 2.05) is 9.80 Å². The fourth-order valence-corrected chi connectivity index (χ4v) is 4.30. The largest absolute Gasteiger partial charge is 0.343 e. The Bertz CT molecular complexity index is 920. The Morgan fingerprint density at radius 1 is 1.03 bits per heavy atom. The average molecular weight is 496 g/mol. The highest BCUT2D eigenvalue weighted by Crippen LogP contribution is 2.17. The van der Waals surface area contributed by atoms with E-state index in [1.165, 1.54) is 0 Å². The number of nitrogens with zero attached hydrogens (tertiary/aromatic N) is 5. The lowest BCUT2D eigenvalue weighted by atomic mass is 9.99. The quantitative estimate of drug-likeness (QED) is 0.611. The second-order valence-corrected chi connectivity index (χ2v) is 9.18. The van der Waals surface area contributed by atoms with Crippen molar-refractivity contribution in [3.05, 3.63) is 46.6 Å². The van der Waals surface area contributed by atoms with Crippen molar-refractivity contribution in [1.82, 2.24) is 24.8 Å². The van der Waals surface area contributed by atoms with Gasteiger partial charge in [0.15, 0.2) is 5.82 Å². The molecule has 2 aliphatic rings. The molecule has 10 heteroatoms. The van der Waals surface area contributed by atoms with Crippen LogP contribution in [0.1, 0.15) is 48.3 Å². The number of carbonyl (C=O) groups is 2. The minimum Gasteiger partial charge on any atom is -0.343 e. The molecule has 0 N–H and O–H groups in total. The van der Waals surface area contributed by atoms with Crippen LogP contribution in [0, 0.1) is 5.92 Å². The van der Waals surface area contributed by atoms with Crippen LogP contribution in [-0.4, -0.2) is 75.9 Å². The van der Waals surface area contributed by atoms with Gasteiger partial charge < -0.3 is 14.3 Å². The standard InChI is InChI=1S/C23H30ClN5O3.ClH/c1-17-8-10-28(11-9-17)22(30)7-6-21-25-20(26-32-21)16-27-12-14-29(15-13-27)23(31)18-2-4-19(24)5-3-18;/h2-5,17H,6-16H2,1H3;1H. The zero-order valence-electron chi connectivity index (χ0n) is 18.9. The number of aromatic nitrogens is 2. The summed E-state index contributed by atoms with van der Waals surface area (Å²) in [4.78, 5) is 35.5. The summed E-state index contributed by atoms with van der Waals surface area (Å²) in [6.07, 6.45) is 3.03. The molecule has 3 heterocycles. The molecule has 2 amide bonds. The minimum atomic E-state index is 0. The lowest BCUT2D eigenvalue weighted by Crippen LogP contribution is -2.48. The molecule has 0 spiro atoms. The van der Waals surface area contributed by atoms with Crippen LogP contribution in [0.2, 0.25) is 5.02 Å². The molecular formula is C23H31Cl2N5O3. The topological polar surface area (TPSA) is 82.8 Å². The summed E-state index contributed by atoms with van der Waals surface area (Å²) in [5, 5.41) is 4.70. The number of aryl methyl sites for hydroxylation is 1. The van der Waals surface area contributed by atoms with Crippen molar-refractivity contribution in [3.8, 4) is 0 Å². The van der Waals surface area contributed by atoms with Gasteiger partial charge in [0.05, 0.1) is 6.54 Å². The summed E-state index contributed by atoms with van der Waals surface area (Å²) < 4.78 is 5.35. The second-order valence-electron chi connectivity index (χ2n) is 8.74. The van der Waals surface area contributed by atoms with Gasteiger partial charge in [-0.15, -0.1) is 12.4 Å². The van der Waals surface area contributed by atoms with Crippen LogP contribution in [0.15, 0.2) is 28.8 Å². The van der Waals surface area contributed by atoms with E-state index in [1.54, 1.807) is 24.3 Å². The third-order valence-electron chi connectivity index (χ3n) is 6.31. The molecule has 180 valence electrons. The number of piperidine rings is 1. The summed E-state index contributed by atoms with van der Waals surface area (Å²) in [5.74, 6) is 2.02. The summed E-state index contributed by atoms with van der Waals surface area (Å²) in [7, 11) is 0. The molecule has 2 aliphatic heterocycles. The number of rotatable bonds is 6. The van der Waals surface area contributed by atoms with Gasteiger partial charge in [-0.1, -0.05) is 23.7 Å². The SMILES string of the molecule is CC1CCN(C(=O)CCc2nc(CN3CCN(C(=O)c4ccc(Cl)cc4)CC3)no2)CC1.Cl. The van der Waals surface area contributed by atoms with Crippen LogP contribution in [-0.2, 0) is 17.8 Å². The molecule has 0 atom stereocenters. The summed E-state index contributed by atoms with van der Waals surface area (Å²) >= 11 is 5.91. The van der Waals surface area contributed by atoms with E-state index >= 15 is 0 Å². The van der Waals surface area contributed by atoms with Gasteiger partial charge in [-0.2, -0.15) is 4.98 Å². The molecular weight excluding hydrogens is 465 g/mol. The zero-order valence-corrected chi connectivity index (χ0v) is 20.5. The van der Waals surface area contributed by atoms with Gasteiger partial charge in [-0.3, -0.25) is 14.5 Å². The number of hydrogen-bond donors (Lipinski definition) is 0. The Morgan fingerprint density at radius 3 is 2.36 bits per heavy atom. The van der Waals surface area contributed by atoms with E-state index in [4.69, 9.17) is 16.1 Å². The number of carbonyl (C=O) groups excluding carboxylic acids is 2.